The van der Waals surface area contributed by atoms with E-state index in [1.54, 1.807) is 18.9 Å². The van der Waals surface area contributed by atoms with Crippen LogP contribution in [0.2, 0.25) is 0 Å². The number of fused-ring (bicyclic) bond motifs is 2. The molecule has 6 nitrogen and oxygen atoms in total. The van der Waals surface area contributed by atoms with Crippen LogP contribution in [-0.2, 0) is 16.1 Å². The molecule has 2 saturated carbocycles. The summed E-state index contributed by atoms with van der Waals surface area (Å²) in [6.45, 7) is 5.84. The molecule has 2 aliphatic carbocycles. The van der Waals surface area contributed by atoms with Gasteiger partial charge in [0.15, 0.2) is 0 Å². The highest BCUT2D eigenvalue weighted by molar-refractivity contribution is 7.99. The van der Waals surface area contributed by atoms with Gasteiger partial charge in [0, 0.05) is 12.3 Å². The van der Waals surface area contributed by atoms with E-state index >= 15 is 0 Å². The first-order valence-corrected chi connectivity index (χ1v) is 12.4. The normalized spacial score (nSPS) is 23.3. The van der Waals surface area contributed by atoms with Crippen molar-refractivity contribution in [1.82, 2.24) is 10.6 Å². The van der Waals surface area contributed by atoms with E-state index in [4.69, 9.17) is 9.47 Å². The summed E-state index contributed by atoms with van der Waals surface area (Å²) < 4.78 is 10.5. The topological polar surface area (TPSA) is 76.7 Å². The van der Waals surface area contributed by atoms with Crippen molar-refractivity contribution in [3.05, 3.63) is 29.8 Å². The predicted molar refractivity (Wildman–Crippen MR) is 124 cm³/mol. The minimum atomic E-state index is -0.628. The van der Waals surface area contributed by atoms with Crippen LogP contribution in [-0.4, -0.2) is 42.3 Å². The first-order valence-electron chi connectivity index (χ1n) is 11.2. The monoisotopic (exact) mass is 448 g/mol. The Labute approximate surface area is 190 Å². The van der Waals surface area contributed by atoms with Crippen molar-refractivity contribution >= 4 is 23.8 Å². The number of ether oxygens (including phenoxy) is 2. The number of rotatable bonds is 9. The number of benzene rings is 1. The molecule has 1 aromatic rings. The standard InChI is InChI=1S/C24H36N2O4S/c1-24(2,3)30-23(28)26-21(15-31-14-19-12-17-5-8-18(19)11-17)22(27)25-13-16-6-9-20(29-4)10-7-16/h6-7,9-10,17-19,21H,5,8,11-15H2,1-4H3,(H,25,27)(H,26,28). The number of nitrogens with one attached hydrogen (secondary N) is 2. The minimum absolute atomic E-state index is 0.192. The zero-order valence-corrected chi connectivity index (χ0v) is 19.9. The van der Waals surface area contributed by atoms with E-state index < -0.39 is 17.7 Å². The zero-order valence-electron chi connectivity index (χ0n) is 19.1. The summed E-state index contributed by atoms with van der Waals surface area (Å²) in [6.07, 6.45) is 4.90. The van der Waals surface area contributed by atoms with E-state index in [2.05, 4.69) is 10.6 Å². The van der Waals surface area contributed by atoms with Crippen LogP contribution in [0, 0.1) is 17.8 Å². The minimum Gasteiger partial charge on any atom is -0.497 e. The third-order valence-electron chi connectivity index (χ3n) is 6.13. The second-order valence-electron chi connectivity index (χ2n) is 9.74. The molecule has 2 amide bonds. The third-order valence-corrected chi connectivity index (χ3v) is 7.37. The Morgan fingerprint density at radius 1 is 1.16 bits per heavy atom. The number of alkyl carbamates (subject to hydrolysis) is 1. The predicted octanol–water partition coefficient (Wildman–Crippen LogP) is 4.37. The molecule has 0 aromatic heterocycles. The molecule has 4 atom stereocenters. The molecule has 0 saturated heterocycles. The number of carbonyl (C=O) groups is 2. The molecule has 2 fully saturated rings. The lowest BCUT2D eigenvalue weighted by Gasteiger charge is -2.25. The van der Waals surface area contributed by atoms with Crippen molar-refractivity contribution < 1.29 is 19.1 Å². The lowest BCUT2D eigenvalue weighted by atomic mass is 9.90. The van der Waals surface area contributed by atoms with Gasteiger partial charge in [0.1, 0.15) is 17.4 Å². The Bertz CT molecular complexity index is 747. The van der Waals surface area contributed by atoms with E-state index in [1.807, 2.05) is 45.0 Å². The molecule has 172 valence electrons. The van der Waals surface area contributed by atoms with Crippen LogP contribution in [0.25, 0.3) is 0 Å². The summed E-state index contributed by atoms with van der Waals surface area (Å²) in [6, 6.07) is 6.93. The van der Waals surface area contributed by atoms with Crippen LogP contribution in [0.1, 0.15) is 52.0 Å². The molecule has 7 heteroatoms. The largest absolute Gasteiger partial charge is 0.497 e. The van der Waals surface area contributed by atoms with Crippen molar-refractivity contribution in [3.8, 4) is 5.75 Å². The molecular formula is C24H36N2O4S. The molecule has 2 aliphatic rings. The second-order valence-corrected chi connectivity index (χ2v) is 10.8. The van der Waals surface area contributed by atoms with Crippen LogP contribution in [0.3, 0.4) is 0 Å². The van der Waals surface area contributed by atoms with Gasteiger partial charge in [-0.3, -0.25) is 4.79 Å². The molecule has 1 aromatic carbocycles. The van der Waals surface area contributed by atoms with E-state index in [0.29, 0.717) is 12.3 Å². The summed E-state index contributed by atoms with van der Waals surface area (Å²) >= 11 is 1.77. The maximum absolute atomic E-state index is 12.9. The first-order chi connectivity index (χ1) is 14.7. The lowest BCUT2D eigenvalue weighted by Crippen LogP contribution is -2.49. The number of amides is 2. The van der Waals surface area contributed by atoms with Gasteiger partial charge in [0.2, 0.25) is 5.91 Å². The quantitative estimate of drug-likeness (QED) is 0.586. The highest BCUT2D eigenvalue weighted by Crippen LogP contribution is 2.49. The highest BCUT2D eigenvalue weighted by Gasteiger charge is 2.39. The summed E-state index contributed by atoms with van der Waals surface area (Å²) in [4.78, 5) is 25.2. The van der Waals surface area contributed by atoms with E-state index in [0.717, 1.165) is 34.8 Å². The number of methoxy groups -OCH3 is 1. The van der Waals surface area contributed by atoms with Gasteiger partial charge in [-0.15, -0.1) is 0 Å². The highest BCUT2D eigenvalue weighted by atomic mass is 32.2. The van der Waals surface area contributed by atoms with E-state index in [1.165, 1.54) is 25.7 Å². The molecule has 0 radical (unpaired) electrons. The number of hydrogen-bond acceptors (Lipinski definition) is 5. The van der Waals surface area contributed by atoms with E-state index in [9.17, 15) is 9.59 Å². The van der Waals surface area contributed by atoms with Gasteiger partial charge in [-0.25, -0.2) is 4.79 Å². The molecule has 2 N–H and O–H groups in total. The lowest BCUT2D eigenvalue weighted by molar-refractivity contribution is -0.122. The Kier molecular flexibility index (Phi) is 8.14. The second kappa shape index (κ2) is 10.6. The maximum atomic E-state index is 12.9. The Morgan fingerprint density at radius 2 is 1.90 bits per heavy atom. The summed E-state index contributed by atoms with van der Waals surface area (Å²) in [7, 11) is 1.62. The van der Waals surface area contributed by atoms with Crippen molar-refractivity contribution in [2.45, 2.75) is 64.6 Å². The van der Waals surface area contributed by atoms with Crippen molar-refractivity contribution in [2.24, 2.45) is 17.8 Å². The Balaban J connectivity index is 1.52. The summed E-state index contributed by atoms with van der Waals surface area (Å²) in [5.74, 6) is 4.71. The van der Waals surface area contributed by atoms with Crippen molar-refractivity contribution in [3.63, 3.8) is 0 Å². The molecule has 4 unspecified atom stereocenters. The van der Waals surface area contributed by atoms with Crippen LogP contribution >= 0.6 is 11.8 Å². The average Bonchev–Trinajstić information content (AvgIpc) is 3.33. The van der Waals surface area contributed by atoms with Gasteiger partial charge < -0.3 is 20.1 Å². The van der Waals surface area contributed by atoms with Gasteiger partial charge in [-0.1, -0.05) is 18.6 Å². The van der Waals surface area contributed by atoms with Gasteiger partial charge in [-0.2, -0.15) is 11.8 Å². The van der Waals surface area contributed by atoms with Crippen LogP contribution in [0.5, 0.6) is 5.75 Å². The molecular weight excluding hydrogens is 412 g/mol. The number of hydrogen-bond donors (Lipinski definition) is 2. The smallest absolute Gasteiger partial charge is 0.408 e. The van der Waals surface area contributed by atoms with Gasteiger partial charge in [0.25, 0.3) is 0 Å². The molecule has 0 aliphatic heterocycles. The fraction of sp³-hybridized carbons (Fsp3) is 0.667. The zero-order chi connectivity index (χ0) is 22.4. The fourth-order valence-corrected chi connectivity index (χ4v) is 5.92. The molecule has 3 rings (SSSR count). The van der Waals surface area contributed by atoms with Crippen molar-refractivity contribution in [1.29, 1.82) is 0 Å². The number of thioether (sulfide) groups is 1. The van der Waals surface area contributed by atoms with Gasteiger partial charge in [-0.05, 0) is 81.2 Å². The summed E-state index contributed by atoms with van der Waals surface area (Å²) in [5.41, 5.74) is 0.365. The Hall–Kier alpha value is -1.89. The van der Waals surface area contributed by atoms with Crippen LogP contribution in [0.4, 0.5) is 4.79 Å². The first kappa shape index (κ1) is 23.8. The SMILES string of the molecule is COc1ccc(CNC(=O)C(CSCC2CC3CCC2C3)NC(=O)OC(C)(C)C)cc1. The fourth-order valence-electron chi connectivity index (χ4n) is 4.61. The maximum Gasteiger partial charge on any atom is 0.408 e. The third kappa shape index (κ3) is 7.34. The molecule has 0 spiro atoms. The van der Waals surface area contributed by atoms with Gasteiger partial charge in [0.05, 0.1) is 7.11 Å². The Morgan fingerprint density at radius 3 is 2.48 bits per heavy atom. The van der Waals surface area contributed by atoms with Crippen molar-refractivity contribution in [2.75, 3.05) is 18.6 Å². The average molecular weight is 449 g/mol. The van der Waals surface area contributed by atoms with Crippen LogP contribution < -0.4 is 15.4 Å². The molecule has 31 heavy (non-hydrogen) atoms. The van der Waals surface area contributed by atoms with E-state index in [-0.39, 0.29) is 5.91 Å². The van der Waals surface area contributed by atoms with Gasteiger partial charge >= 0.3 is 6.09 Å². The number of carbonyl (C=O) groups excluding carboxylic acids is 2. The molecule has 0 heterocycles. The summed E-state index contributed by atoms with van der Waals surface area (Å²) in [5, 5.41) is 5.72. The molecule has 2 bridgehead atoms. The van der Waals surface area contributed by atoms with Crippen LogP contribution in [0.15, 0.2) is 24.3 Å².